The minimum absolute atomic E-state index is 0.101. The van der Waals surface area contributed by atoms with E-state index in [1.54, 1.807) is 0 Å². The fraction of sp³-hybridized carbons (Fsp3) is 0.744. The summed E-state index contributed by atoms with van der Waals surface area (Å²) in [5.41, 5.74) is 4.97. The molecule has 1 unspecified atom stereocenters. The molecule has 0 radical (unpaired) electrons. The second-order valence-corrected chi connectivity index (χ2v) is 17.7. The smallest absolute Gasteiger partial charge is 0.320 e. The van der Waals surface area contributed by atoms with Gasteiger partial charge in [0.05, 0.1) is 26.2 Å². The second-order valence-electron chi connectivity index (χ2n) is 17.7. The highest BCUT2D eigenvalue weighted by Gasteiger charge is 2.31. The molecule has 0 spiro atoms. The summed E-state index contributed by atoms with van der Waals surface area (Å²) < 4.78 is 22.7. The molecule has 13 heteroatoms. The van der Waals surface area contributed by atoms with Gasteiger partial charge in [0, 0.05) is 57.5 Å². The van der Waals surface area contributed by atoms with E-state index in [2.05, 4.69) is 4.90 Å². The number of anilines is 1. The van der Waals surface area contributed by atoms with Gasteiger partial charge in [0.2, 0.25) is 0 Å². The molecule has 1 aliphatic rings. The molecule has 2 N–H and O–H groups in total. The summed E-state index contributed by atoms with van der Waals surface area (Å²) >= 11 is 0. The maximum Gasteiger partial charge on any atom is 0.320 e. The van der Waals surface area contributed by atoms with Crippen LogP contribution in [0.4, 0.5) is 5.69 Å². The van der Waals surface area contributed by atoms with Gasteiger partial charge in [-0.3, -0.25) is 38.8 Å². The fourth-order valence-electron chi connectivity index (χ4n) is 5.72. The number of carbonyl (C=O) groups is 4. The Bertz CT molecular complexity index is 1240. The number of rotatable bonds is 13. The van der Waals surface area contributed by atoms with Gasteiger partial charge in [0.1, 0.15) is 22.4 Å². The SMILES string of the molecule is CC(C)(C)OC(=O)CN1CCN(CC(=O)OC(C)(C)C)CCN(CC(Cc2ccc(N)cc2)N(CC(=O)OC(C)(C)C)CC(=O)OC(C)(C)C)CC1. The monoisotopic (exact) mass is 733 g/mol. The van der Waals surface area contributed by atoms with Crippen LogP contribution in [0.15, 0.2) is 24.3 Å². The van der Waals surface area contributed by atoms with E-state index < -0.39 is 34.3 Å². The topological polar surface area (TPSA) is 144 Å². The molecule has 1 aromatic rings. The molecule has 1 fully saturated rings. The number of hydrogen-bond donors (Lipinski definition) is 1. The fourth-order valence-corrected chi connectivity index (χ4v) is 5.72. The zero-order valence-corrected chi connectivity index (χ0v) is 34.0. The molecule has 0 bridgehead atoms. The summed E-state index contributed by atoms with van der Waals surface area (Å²) in [6.07, 6.45) is 0.506. The van der Waals surface area contributed by atoms with Gasteiger partial charge in [-0.2, -0.15) is 0 Å². The average molecular weight is 734 g/mol. The van der Waals surface area contributed by atoms with Crippen molar-refractivity contribution >= 4 is 29.6 Å². The van der Waals surface area contributed by atoms with Crippen LogP contribution in [0.25, 0.3) is 0 Å². The summed E-state index contributed by atoms with van der Waals surface area (Å²) in [4.78, 5) is 60.7. The number of nitrogens with zero attached hydrogens (tertiary/aromatic N) is 4. The van der Waals surface area contributed by atoms with Gasteiger partial charge in [-0.05, 0) is 107 Å². The van der Waals surface area contributed by atoms with Crippen molar-refractivity contribution in [3.05, 3.63) is 29.8 Å². The van der Waals surface area contributed by atoms with Crippen LogP contribution in [0.5, 0.6) is 0 Å². The van der Waals surface area contributed by atoms with E-state index in [1.807, 2.05) is 122 Å². The Labute approximate surface area is 312 Å². The van der Waals surface area contributed by atoms with E-state index in [0.29, 0.717) is 57.9 Å². The molecule has 1 aromatic carbocycles. The summed E-state index contributed by atoms with van der Waals surface area (Å²) in [7, 11) is 0. The Hall–Kier alpha value is -3.26. The van der Waals surface area contributed by atoms with Crippen molar-refractivity contribution in [2.75, 3.05) is 77.7 Å². The van der Waals surface area contributed by atoms with E-state index in [9.17, 15) is 19.2 Å². The van der Waals surface area contributed by atoms with Crippen molar-refractivity contribution in [1.29, 1.82) is 0 Å². The third-order valence-corrected chi connectivity index (χ3v) is 7.68. The highest BCUT2D eigenvalue weighted by Crippen LogP contribution is 2.18. The number of nitrogen functional groups attached to an aromatic ring is 1. The molecule has 13 nitrogen and oxygen atoms in total. The van der Waals surface area contributed by atoms with Crippen LogP contribution >= 0.6 is 0 Å². The first kappa shape index (κ1) is 44.9. The van der Waals surface area contributed by atoms with E-state index in [1.165, 1.54) is 0 Å². The summed E-state index contributed by atoms with van der Waals surface area (Å²) in [5, 5.41) is 0. The lowest BCUT2D eigenvalue weighted by Gasteiger charge is -2.36. The predicted octanol–water partition coefficient (Wildman–Crippen LogP) is 3.77. The highest BCUT2D eigenvalue weighted by molar-refractivity contribution is 5.75. The molecule has 1 atom stereocenters. The predicted molar refractivity (Wildman–Crippen MR) is 203 cm³/mol. The number of carbonyl (C=O) groups excluding carboxylic acids is 4. The van der Waals surface area contributed by atoms with Crippen LogP contribution < -0.4 is 5.73 Å². The maximum absolute atomic E-state index is 13.3. The molecular formula is C39H67N5O8. The van der Waals surface area contributed by atoms with Crippen LogP contribution in [0, 0.1) is 0 Å². The van der Waals surface area contributed by atoms with E-state index in [4.69, 9.17) is 24.7 Å². The Kier molecular flexibility index (Phi) is 16.6. The Morgan fingerprint density at radius 3 is 1.25 bits per heavy atom. The average Bonchev–Trinajstić information content (AvgIpc) is 3.01. The molecule has 0 amide bonds. The first-order valence-corrected chi connectivity index (χ1v) is 18.4. The molecule has 1 saturated heterocycles. The standard InChI is InChI=1S/C39H67N5O8/c1-36(2,3)49-32(45)25-42-19-17-41(18-20-43(22-21-42)26-33(46)50-37(4,5)6)24-31(23-29-13-15-30(40)16-14-29)44(27-34(47)51-38(7,8)9)28-35(48)52-39(10,11)12/h13-16,31H,17-28,40H2,1-12H3. The molecule has 0 aliphatic carbocycles. The lowest BCUT2D eigenvalue weighted by atomic mass is 10.0. The summed E-state index contributed by atoms with van der Waals surface area (Å²) in [6.45, 7) is 25.7. The molecule has 2 rings (SSSR count). The number of ether oxygens (including phenoxy) is 4. The quantitative estimate of drug-likeness (QED) is 0.179. The van der Waals surface area contributed by atoms with Gasteiger partial charge in [-0.15, -0.1) is 0 Å². The normalized spacial score (nSPS) is 16.7. The van der Waals surface area contributed by atoms with Crippen molar-refractivity contribution in [1.82, 2.24) is 19.6 Å². The summed E-state index contributed by atoms with van der Waals surface area (Å²) in [6, 6.07) is 7.24. The van der Waals surface area contributed by atoms with Crippen molar-refractivity contribution < 1.29 is 38.1 Å². The lowest BCUT2D eigenvalue weighted by Crippen LogP contribution is -2.52. The third-order valence-electron chi connectivity index (χ3n) is 7.68. The second kappa shape index (κ2) is 19.2. The number of nitrogens with two attached hydrogens (primary N) is 1. The van der Waals surface area contributed by atoms with Crippen LogP contribution in [0.2, 0.25) is 0 Å². The van der Waals surface area contributed by atoms with E-state index in [-0.39, 0.29) is 44.2 Å². The maximum atomic E-state index is 13.3. The van der Waals surface area contributed by atoms with Crippen LogP contribution in [0.3, 0.4) is 0 Å². The minimum Gasteiger partial charge on any atom is -0.459 e. The van der Waals surface area contributed by atoms with Crippen molar-refractivity contribution in [2.24, 2.45) is 0 Å². The zero-order valence-electron chi connectivity index (χ0n) is 34.0. The number of hydrogen-bond acceptors (Lipinski definition) is 13. The van der Waals surface area contributed by atoms with Gasteiger partial charge in [0.15, 0.2) is 0 Å². The van der Waals surface area contributed by atoms with Crippen LogP contribution in [-0.4, -0.2) is 144 Å². The van der Waals surface area contributed by atoms with E-state index >= 15 is 0 Å². The van der Waals surface area contributed by atoms with Crippen molar-refractivity contribution in [3.63, 3.8) is 0 Å². The molecule has 296 valence electrons. The Balaban J connectivity index is 2.48. The van der Waals surface area contributed by atoms with E-state index in [0.717, 1.165) is 5.56 Å². The minimum atomic E-state index is -0.711. The largest absolute Gasteiger partial charge is 0.459 e. The first-order valence-electron chi connectivity index (χ1n) is 18.4. The van der Waals surface area contributed by atoms with Crippen molar-refractivity contribution in [3.8, 4) is 0 Å². The first-order chi connectivity index (χ1) is 23.7. The lowest BCUT2D eigenvalue weighted by molar-refractivity contribution is -0.161. The molecule has 1 heterocycles. The molecule has 1 aliphatic heterocycles. The van der Waals surface area contributed by atoms with Gasteiger partial charge in [0.25, 0.3) is 0 Å². The summed E-state index contributed by atoms with van der Waals surface area (Å²) in [5.74, 6) is -1.54. The van der Waals surface area contributed by atoms with Gasteiger partial charge >= 0.3 is 23.9 Å². The molecule has 52 heavy (non-hydrogen) atoms. The van der Waals surface area contributed by atoms with Gasteiger partial charge < -0.3 is 24.7 Å². The Morgan fingerprint density at radius 1 is 0.577 bits per heavy atom. The van der Waals surface area contributed by atoms with Gasteiger partial charge in [-0.25, -0.2) is 0 Å². The Morgan fingerprint density at radius 2 is 0.904 bits per heavy atom. The molecular weight excluding hydrogens is 666 g/mol. The molecule has 0 saturated carbocycles. The van der Waals surface area contributed by atoms with Crippen LogP contribution in [0.1, 0.15) is 88.6 Å². The highest BCUT2D eigenvalue weighted by atomic mass is 16.6. The number of benzene rings is 1. The number of esters is 4. The van der Waals surface area contributed by atoms with Gasteiger partial charge in [-0.1, -0.05) is 12.1 Å². The zero-order chi connectivity index (χ0) is 39.5. The van der Waals surface area contributed by atoms with Crippen LogP contribution in [-0.2, 0) is 44.5 Å². The third kappa shape index (κ3) is 20.1. The molecule has 0 aromatic heterocycles. The van der Waals surface area contributed by atoms with Crippen molar-refractivity contribution in [2.45, 2.75) is 118 Å².